The van der Waals surface area contributed by atoms with Crippen molar-refractivity contribution < 1.29 is 9.90 Å². The fourth-order valence-corrected chi connectivity index (χ4v) is 2.79. The number of halogens is 1. The van der Waals surface area contributed by atoms with Gasteiger partial charge in [-0.25, -0.2) is 0 Å². The average molecular weight is 320 g/mol. The number of aliphatic hydroxyl groups excluding tert-OH is 1. The molecule has 2 N–H and O–H groups in total. The van der Waals surface area contributed by atoms with Crippen molar-refractivity contribution >= 4 is 28.8 Å². The molecular formula is C16H14ClNO2S. The second-order valence-electron chi connectivity index (χ2n) is 4.37. The van der Waals surface area contributed by atoms with Crippen LogP contribution in [0, 0.1) is 11.8 Å². The molecule has 0 aliphatic rings. The van der Waals surface area contributed by atoms with Gasteiger partial charge in [0.2, 0.25) is 0 Å². The summed E-state index contributed by atoms with van der Waals surface area (Å²) >= 11 is 7.28. The van der Waals surface area contributed by atoms with Crippen molar-refractivity contribution in [3.63, 3.8) is 0 Å². The molecule has 3 nitrogen and oxygen atoms in total. The number of amides is 1. The van der Waals surface area contributed by atoms with Crippen molar-refractivity contribution in [3.05, 3.63) is 56.7 Å². The van der Waals surface area contributed by atoms with Gasteiger partial charge in [0.05, 0.1) is 6.04 Å². The van der Waals surface area contributed by atoms with Crippen LogP contribution in [0.5, 0.6) is 0 Å². The second-order valence-corrected chi connectivity index (χ2v) is 5.73. The normalized spacial score (nSPS) is 11.4. The predicted octanol–water partition coefficient (Wildman–Crippen LogP) is 3.24. The second kappa shape index (κ2) is 7.28. The van der Waals surface area contributed by atoms with Crippen LogP contribution in [-0.2, 0) is 0 Å². The molecule has 1 aromatic heterocycles. The molecule has 5 heteroatoms. The first-order chi connectivity index (χ1) is 10.1. The number of carbonyl (C=O) groups excluding carboxylic acids is 1. The average Bonchev–Trinajstić information content (AvgIpc) is 2.93. The number of nitrogens with one attached hydrogen (secondary N) is 1. The summed E-state index contributed by atoms with van der Waals surface area (Å²) in [6, 6.07) is 9.00. The van der Waals surface area contributed by atoms with Gasteiger partial charge in [0.15, 0.2) is 0 Å². The van der Waals surface area contributed by atoms with Crippen molar-refractivity contribution in [2.45, 2.75) is 13.0 Å². The summed E-state index contributed by atoms with van der Waals surface area (Å²) < 4.78 is 0. The Balaban J connectivity index is 2.13. The molecule has 0 saturated carbocycles. The zero-order valence-electron chi connectivity index (χ0n) is 11.4. The lowest BCUT2D eigenvalue weighted by molar-refractivity contribution is 0.0944. The standard InChI is InChI=1S/C16H14ClNO2S/c1-11(13-4-2-6-14(17)10-13)18-16(20)15-12(5-3-8-19)7-9-21-15/h2,4,6-7,9-11,19H,8H2,1H3,(H,18,20). The molecule has 1 atom stereocenters. The summed E-state index contributed by atoms with van der Waals surface area (Å²) in [6.07, 6.45) is 0. The van der Waals surface area contributed by atoms with Crippen LogP contribution in [0.25, 0.3) is 0 Å². The Morgan fingerprint density at radius 2 is 2.29 bits per heavy atom. The Labute approximate surface area is 132 Å². The van der Waals surface area contributed by atoms with Crippen LogP contribution in [0.4, 0.5) is 0 Å². The van der Waals surface area contributed by atoms with Crippen LogP contribution in [0.1, 0.15) is 33.8 Å². The van der Waals surface area contributed by atoms with Crippen molar-refractivity contribution in [1.29, 1.82) is 0 Å². The van der Waals surface area contributed by atoms with E-state index in [1.165, 1.54) is 11.3 Å². The Morgan fingerprint density at radius 3 is 3.00 bits per heavy atom. The molecule has 0 saturated heterocycles. The van der Waals surface area contributed by atoms with Gasteiger partial charge < -0.3 is 10.4 Å². The van der Waals surface area contributed by atoms with Crippen molar-refractivity contribution in [3.8, 4) is 11.8 Å². The lowest BCUT2D eigenvalue weighted by Gasteiger charge is -2.14. The molecule has 2 rings (SSSR count). The van der Waals surface area contributed by atoms with Crippen LogP contribution in [-0.4, -0.2) is 17.6 Å². The van der Waals surface area contributed by atoms with Gasteiger partial charge in [0.1, 0.15) is 11.5 Å². The number of hydrogen-bond acceptors (Lipinski definition) is 3. The zero-order chi connectivity index (χ0) is 15.2. The third-order valence-corrected chi connectivity index (χ3v) is 4.02. The van der Waals surface area contributed by atoms with E-state index in [1.54, 1.807) is 17.5 Å². The van der Waals surface area contributed by atoms with Crippen molar-refractivity contribution in [2.75, 3.05) is 6.61 Å². The van der Waals surface area contributed by atoms with Gasteiger partial charge >= 0.3 is 0 Å². The van der Waals surface area contributed by atoms with Crippen LogP contribution in [0.15, 0.2) is 35.7 Å². The third kappa shape index (κ3) is 4.08. The third-order valence-electron chi connectivity index (χ3n) is 2.87. The van der Waals surface area contributed by atoms with E-state index in [1.807, 2.05) is 25.1 Å². The topological polar surface area (TPSA) is 49.3 Å². The largest absolute Gasteiger partial charge is 0.384 e. The number of hydrogen-bond donors (Lipinski definition) is 2. The Kier molecular flexibility index (Phi) is 5.40. The Hall–Kier alpha value is -1.80. The number of aliphatic hydroxyl groups is 1. The van der Waals surface area contributed by atoms with E-state index in [9.17, 15) is 4.79 Å². The lowest BCUT2D eigenvalue weighted by atomic mass is 10.1. The minimum absolute atomic E-state index is 0.156. The molecule has 2 aromatic rings. The minimum atomic E-state index is -0.226. The summed E-state index contributed by atoms with van der Waals surface area (Å²) in [4.78, 5) is 12.8. The molecule has 0 bridgehead atoms. The first-order valence-electron chi connectivity index (χ1n) is 6.35. The maximum atomic E-state index is 12.3. The van der Waals surface area contributed by atoms with Gasteiger partial charge in [0, 0.05) is 10.6 Å². The first-order valence-corrected chi connectivity index (χ1v) is 7.61. The summed E-state index contributed by atoms with van der Waals surface area (Å²) in [5.74, 6) is 5.15. The molecule has 108 valence electrons. The highest BCUT2D eigenvalue weighted by atomic mass is 35.5. The van der Waals surface area contributed by atoms with Crippen molar-refractivity contribution in [2.24, 2.45) is 0 Å². The van der Waals surface area contributed by atoms with E-state index in [0.29, 0.717) is 15.5 Å². The highest BCUT2D eigenvalue weighted by molar-refractivity contribution is 7.12. The number of benzene rings is 1. The van der Waals surface area contributed by atoms with Crippen LogP contribution in [0.3, 0.4) is 0 Å². The van der Waals surface area contributed by atoms with Gasteiger partial charge in [-0.2, -0.15) is 0 Å². The van der Waals surface area contributed by atoms with E-state index < -0.39 is 0 Å². The molecule has 0 radical (unpaired) electrons. The van der Waals surface area contributed by atoms with E-state index >= 15 is 0 Å². The number of rotatable bonds is 3. The van der Waals surface area contributed by atoms with Crippen LogP contribution >= 0.6 is 22.9 Å². The molecule has 1 unspecified atom stereocenters. The molecular weight excluding hydrogens is 306 g/mol. The molecule has 1 heterocycles. The molecule has 0 aliphatic heterocycles. The van der Waals surface area contributed by atoms with Crippen molar-refractivity contribution in [1.82, 2.24) is 5.32 Å². The van der Waals surface area contributed by atoms with E-state index in [-0.39, 0.29) is 18.6 Å². The van der Waals surface area contributed by atoms with Gasteiger partial charge in [0.25, 0.3) is 5.91 Å². The molecule has 0 spiro atoms. The lowest BCUT2D eigenvalue weighted by Crippen LogP contribution is -2.26. The maximum Gasteiger partial charge on any atom is 0.263 e. The summed E-state index contributed by atoms with van der Waals surface area (Å²) in [5.41, 5.74) is 1.57. The van der Waals surface area contributed by atoms with Gasteiger partial charge in [-0.1, -0.05) is 35.6 Å². The predicted molar refractivity (Wildman–Crippen MR) is 85.6 cm³/mol. The summed E-state index contributed by atoms with van der Waals surface area (Å²) in [5, 5.41) is 14.1. The number of carbonyl (C=O) groups is 1. The van der Waals surface area contributed by atoms with E-state index in [4.69, 9.17) is 16.7 Å². The molecule has 1 amide bonds. The van der Waals surface area contributed by atoms with Gasteiger partial charge in [-0.15, -0.1) is 11.3 Å². The van der Waals surface area contributed by atoms with Crippen LogP contribution in [0.2, 0.25) is 5.02 Å². The van der Waals surface area contributed by atoms with Gasteiger partial charge in [-0.3, -0.25) is 4.79 Å². The first kappa shape index (κ1) is 15.6. The fourth-order valence-electron chi connectivity index (χ4n) is 1.84. The molecule has 0 aliphatic carbocycles. The Morgan fingerprint density at radius 1 is 1.48 bits per heavy atom. The zero-order valence-corrected chi connectivity index (χ0v) is 13.0. The minimum Gasteiger partial charge on any atom is -0.384 e. The SMILES string of the molecule is CC(NC(=O)c1sccc1C#CCO)c1cccc(Cl)c1. The summed E-state index contributed by atoms with van der Waals surface area (Å²) in [6.45, 7) is 1.67. The quantitative estimate of drug-likeness (QED) is 0.853. The highest BCUT2D eigenvalue weighted by Crippen LogP contribution is 2.20. The Bertz CT molecular complexity index is 700. The maximum absolute atomic E-state index is 12.3. The highest BCUT2D eigenvalue weighted by Gasteiger charge is 2.15. The monoisotopic (exact) mass is 319 g/mol. The van der Waals surface area contributed by atoms with Gasteiger partial charge in [-0.05, 0) is 36.1 Å². The van der Waals surface area contributed by atoms with E-state index in [2.05, 4.69) is 17.2 Å². The number of thiophene rings is 1. The summed E-state index contributed by atoms with van der Waals surface area (Å²) in [7, 11) is 0. The molecule has 0 fully saturated rings. The molecule has 21 heavy (non-hydrogen) atoms. The molecule has 1 aromatic carbocycles. The fraction of sp³-hybridized carbons (Fsp3) is 0.188. The van der Waals surface area contributed by atoms with Crippen LogP contribution < -0.4 is 5.32 Å². The smallest absolute Gasteiger partial charge is 0.263 e. The van der Waals surface area contributed by atoms with E-state index in [0.717, 1.165) is 5.56 Å².